The summed E-state index contributed by atoms with van der Waals surface area (Å²) < 4.78 is 37.7. The molecule has 4 N–H and O–H groups in total. The van der Waals surface area contributed by atoms with Crippen LogP contribution in [0.15, 0.2) is 71.6 Å². The SMILES string of the molecule is NC(=O)c1nn(-c2ccc(S(N)(=O)=O)cc2)c2cc(-c3ccc(F)cc3)ccc12. The molecule has 0 spiro atoms. The van der Waals surface area contributed by atoms with E-state index in [-0.39, 0.29) is 16.4 Å². The summed E-state index contributed by atoms with van der Waals surface area (Å²) in [5.74, 6) is -1.03. The monoisotopic (exact) mass is 410 g/mol. The fraction of sp³-hybridized carbons (Fsp3) is 0. The summed E-state index contributed by atoms with van der Waals surface area (Å²) in [6.07, 6.45) is 0. The first-order valence-corrected chi connectivity index (χ1v) is 10.0. The van der Waals surface area contributed by atoms with Crippen LogP contribution >= 0.6 is 0 Å². The lowest BCUT2D eigenvalue weighted by molar-refractivity contribution is 0.0996. The average Bonchev–Trinajstić information content (AvgIpc) is 3.07. The summed E-state index contributed by atoms with van der Waals surface area (Å²) in [4.78, 5) is 11.8. The maximum Gasteiger partial charge on any atom is 0.269 e. The highest BCUT2D eigenvalue weighted by Gasteiger charge is 2.17. The average molecular weight is 410 g/mol. The van der Waals surface area contributed by atoms with Crippen LogP contribution in [0.3, 0.4) is 0 Å². The van der Waals surface area contributed by atoms with Gasteiger partial charge in [-0.2, -0.15) is 5.10 Å². The Morgan fingerprint density at radius 3 is 2.14 bits per heavy atom. The number of rotatable bonds is 4. The minimum atomic E-state index is -3.83. The zero-order valence-electron chi connectivity index (χ0n) is 14.9. The number of sulfonamides is 1. The van der Waals surface area contributed by atoms with Crippen molar-refractivity contribution in [1.82, 2.24) is 9.78 Å². The number of fused-ring (bicyclic) bond motifs is 1. The van der Waals surface area contributed by atoms with Gasteiger partial charge in [-0.25, -0.2) is 22.6 Å². The van der Waals surface area contributed by atoms with Crippen LogP contribution in [-0.2, 0) is 10.0 Å². The summed E-state index contributed by atoms with van der Waals surface area (Å²) in [6.45, 7) is 0. The molecule has 0 aliphatic carbocycles. The third kappa shape index (κ3) is 3.48. The van der Waals surface area contributed by atoms with Crippen LogP contribution < -0.4 is 10.9 Å². The van der Waals surface area contributed by atoms with E-state index >= 15 is 0 Å². The van der Waals surface area contributed by atoms with E-state index in [0.717, 1.165) is 11.1 Å². The topological polar surface area (TPSA) is 121 Å². The molecule has 4 rings (SSSR count). The minimum Gasteiger partial charge on any atom is -0.364 e. The molecule has 0 bridgehead atoms. The third-order valence-corrected chi connectivity index (χ3v) is 5.43. The van der Waals surface area contributed by atoms with E-state index < -0.39 is 15.9 Å². The zero-order chi connectivity index (χ0) is 20.8. The second kappa shape index (κ2) is 6.80. The molecule has 9 heteroatoms. The Balaban J connectivity index is 1.91. The number of hydrogen-bond donors (Lipinski definition) is 2. The van der Waals surface area contributed by atoms with Crippen LogP contribution in [0, 0.1) is 5.82 Å². The molecular formula is C20H15FN4O3S. The lowest BCUT2D eigenvalue weighted by atomic mass is 10.0. The normalized spacial score (nSPS) is 11.7. The van der Waals surface area contributed by atoms with E-state index in [1.807, 2.05) is 0 Å². The molecular weight excluding hydrogens is 395 g/mol. The molecule has 1 aromatic heterocycles. The highest BCUT2D eigenvalue weighted by molar-refractivity contribution is 7.89. The smallest absolute Gasteiger partial charge is 0.269 e. The number of primary sulfonamides is 1. The minimum absolute atomic E-state index is 0.0418. The van der Waals surface area contributed by atoms with Crippen molar-refractivity contribution in [2.45, 2.75) is 4.90 Å². The van der Waals surface area contributed by atoms with Crippen molar-refractivity contribution in [3.8, 4) is 16.8 Å². The fourth-order valence-corrected chi connectivity index (χ4v) is 3.61. The first-order chi connectivity index (χ1) is 13.7. The summed E-state index contributed by atoms with van der Waals surface area (Å²) in [7, 11) is -3.83. The van der Waals surface area contributed by atoms with Crippen LogP contribution in [0.5, 0.6) is 0 Å². The molecule has 3 aromatic carbocycles. The fourth-order valence-electron chi connectivity index (χ4n) is 3.09. The van der Waals surface area contributed by atoms with Crippen LogP contribution in [0.1, 0.15) is 10.5 Å². The highest BCUT2D eigenvalue weighted by atomic mass is 32.2. The van der Waals surface area contributed by atoms with Gasteiger partial charge in [0, 0.05) is 5.39 Å². The van der Waals surface area contributed by atoms with Crippen molar-refractivity contribution in [3.05, 3.63) is 78.2 Å². The second-order valence-corrected chi connectivity index (χ2v) is 7.96. The second-order valence-electron chi connectivity index (χ2n) is 6.40. The largest absolute Gasteiger partial charge is 0.364 e. The highest BCUT2D eigenvalue weighted by Crippen LogP contribution is 2.28. The van der Waals surface area contributed by atoms with Gasteiger partial charge in [0.05, 0.1) is 16.1 Å². The van der Waals surface area contributed by atoms with Crippen molar-refractivity contribution in [1.29, 1.82) is 0 Å². The Hall–Kier alpha value is -3.56. The number of carbonyl (C=O) groups is 1. The molecule has 0 fully saturated rings. The number of carbonyl (C=O) groups excluding carboxylic acids is 1. The Morgan fingerprint density at radius 1 is 0.931 bits per heavy atom. The molecule has 0 aliphatic heterocycles. The Bertz CT molecular complexity index is 1350. The number of benzene rings is 3. The Kier molecular flexibility index (Phi) is 4.40. The maximum atomic E-state index is 13.2. The van der Waals surface area contributed by atoms with Crippen molar-refractivity contribution in [3.63, 3.8) is 0 Å². The summed E-state index contributed by atoms with van der Waals surface area (Å²) in [6, 6.07) is 17.1. The number of nitrogens with zero attached hydrogens (tertiary/aromatic N) is 2. The standard InChI is InChI=1S/C20H15FN4O3S/c21-14-4-1-12(2-5-14)13-3-10-17-18(11-13)25(24-19(17)20(22)26)15-6-8-16(9-7-15)29(23,27)28/h1-11H,(H2,22,26)(H2,23,27,28). The third-order valence-electron chi connectivity index (χ3n) is 4.50. The van der Waals surface area contributed by atoms with Gasteiger partial charge >= 0.3 is 0 Å². The van der Waals surface area contributed by atoms with Gasteiger partial charge < -0.3 is 5.73 Å². The molecule has 0 aliphatic rings. The van der Waals surface area contributed by atoms with Crippen LogP contribution in [0.4, 0.5) is 4.39 Å². The first-order valence-electron chi connectivity index (χ1n) is 8.46. The van der Waals surface area contributed by atoms with E-state index in [9.17, 15) is 17.6 Å². The van der Waals surface area contributed by atoms with Gasteiger partial charge in [0.15, 0.2) is 5.69 Å². The van der Waals surface area contributed by atoms with Crippen molar-refractivity contribution in [2.75, 3.05) is 0 Å². The van der Waals surface area contributed by atoms with Gasteiger partial charge in [-0.05, 0) is 59.7 Å². The van der Waals surface area contributed by atoms with Gasteiger partial charge in [0.1, 0.15) is 5.82 Å². The molecule has 0 saturated carbocycles. The van der Waals surface area contributed by atoms with Crippen LogP contribution in [0.25, 0.3) is 27.7 Å². The van der Waals surface area contributed by atoms with Gasteiger partial charge in [-0.3, -0.25) is 4.79 Å². The number of aromatic nitrogens is 2. The summed E-state index contributed by atoms with van der Waals surface area (Å²) >= 11 is 0. The van der Waals surface area contributed by atoms with E-state index in [1.165, 1.54) is 41.1 Å². The van der Waals surface area contributed by atoms with E-state index in [1.54, 1.807) is 30.3 Å². The quantitative estimate of drug-likeness (QED) is 0.537. The van der Waals surface area contributed by atoms with Crippen molar-refractivity contribution < 1.29 is 17.6 Å². The van der Waals surface area contributed by atoms with Crippen LogP contribution in [-0.4, -0.2) is 24.1 Å². The van der Waals surface area contributed by atoms with Crippen LogP contribution in [0.2, 0.25) is 0 Å². The molecule has 0 unspecified atom stereocenters. The van der Waals surface area contributed by atoms with Crippen molar-refractivity contribution in [2.24, 2.45) is 10.9 Å². The van der Waals surface area contributed by atoms with Gasteiger partial charge in [0.2, 0.25) is 10.0 Å². The maximum absolute atomic E-state index is 13.2. The first kappa shape index (κ1) is 18.8. The number of amides is 1. The Morgan fingerprint density at radius 2 is 1.55 bits per heavy atom. The molecule has 7 nitrogen and oxygen atoms in total. The van der Waals surface area contributed by atoms with Gasteiger partial charge in [-0.15, -0.1) is 0 Å². The molecule has 1 heterocycles. The van der Waals surface area contributed by atoms with E-state index in [0.29, 0.717) is 16.6 Å². The van der Waals surface area contributed by atoms with Gasteiger partial charge in [-0.1, -0.05) is 18.2 Å². The summed E-state index contributed by atoms with van der Waals surface area (Å²) in [5, 5.41) is 9.98. The molecule has 0 radical (unpaired) electrons. The molecule has 0 atom stereocenters. The lowest BCUT2D eigenvalue weighted by Crippen LogP contribution is -2.13. The summed E-state index contributed by atoms with van der Waals surface area (Å²) in [5.41, 5.74) is 8.23. The Labute approximate surface area is 165 Å². The number of nitrogens with two attached hydrogens (primary N) is 2. The molecule has 146 valence electrons. The molecule has 4 aromatic rings. The number of primary amides is 1. The van der Waals surface area contributed by atoms with E-state index in [2.05, 4.69) is 5.10 Å². The van der Waals surface area contributed by atoms with Gasteiger partial charge in [0.25, 0.3) is 5.91 Å². The van der Waals surface area contributed by atoms with E-state index in [4.69, 9.17) is 10.9 Å². The number of halogens is 1. The predicted molar refractivity (Wildman–Crippen MR) is 106 cm³/mol. The molecule has 1 amide bonds. The predicted octanol–water partition coefficient (Wildman–Crippen LogP) is 2.58. The number of hydrogen-bond acceptors (Lipinski definition) is 4. The zero-order valence-corrected chi connectivity index (χ0v) is 15.7. The van der Waals surface area contributed by atoms with Crippen molar-refractivity contribution >= 4 is 26.8 Å². The molecule has 0 saturated heterocycles. The molecule has 29 heavy (non-hydrogen) atoms. The lowest BCUT2D eigenvalue weighted by Gasteiger charge is -2.07.